The summed E-state index contributed by atoms with van der Waals surface area (Å²) in [4.78, 5) is 38.4. The third-order valence-electron chi connectivity index (χ3n) is 5.35. The van der Waals surface area contributed by atoms with Gasteiger partial charge in [-0.05, 0) is 13.0 Å². The fraction of sp³-hybridized carbons (Fsp3) is 0.773. The Hall–Kier alpha value is -1.69. The van der Waals surface area contributed by atoms with E-state index in [0.29, 0.717) is 32.7 Å². The van der Waals surface area contributed by atoms with E-state index < -0.39 is 0 Å². The lowest BCUT2D eigenvalue weighted by molar-refractivity contribution is -0.137. The average Bonchev–Trinajstić information content (AvgIpc) is 3.09. The Balaban J connectivity index is 1.43. The first-order valence-electron chi connectivity index (χ1n) is 11.7. The van der Waals surface area contributed by atoms with Crippen molar-refractivity contribution in [3.8, 4) is 0 Å². The highest BCUT2D eigenvalue weighted by Crippen LogP contribution is 2.02. The van der Waals surface area contributed by atoms with Crippen LogP contribution in [0.4, 0.5) is 0 Å². The highest BCUT2D eigenvalue weighted by atomic mass is 16.5. The van der Waals surface area contributed by atoms with Gasteiger partial charge in [-0.2, -0.15) is 0 Å². The summed E-state index contributed by atoms with van der Waals surface area (Å²) >= 11 is 0. The van der Waals surface area contributed by atoms with Gasteiger partial charge in [-0.1, -0.05) is 0 Å². The summed E-state index contributed by atoms with van der Waals surface area (Å²) in [6.45, 7) is 10.4. The standard InChI is InChI=1S/C22H39N5O5/c28-20(2-1-12-26-13-10-24-8-6-23-7-9-25-11-14-26)5-16-31-18-19-32-17-15-27-21(29)3-4-22(27)30/h3-4,23-25H,1-2,5-19H2. The molecule has 0 aromatic heterocycles. The van der Waals surface area contributed by atoms with Crippen LogP contribution in [0.2, 0.25) is 0 Å². The molecule has 1 saturated heterocycles. The van der Waals surface area contributed by atoms with Crippen LogP contribution in [0.3, 0.4) is 0 Å². The van der Waals surface area contributed by atoms with Crippen LogP contribution in [0.15, 0.2) is 12.2 Å². The third kappa shape index (κ3) is 11.8. The topological polar surface area (TPSA) is 112 Å². The van der Waals surface area contributed by atoms with Crippen LogP contribution in [0, 0.1) is 0 Å². The van der Waals surface area contributed by atoms with Gasteiger partial charge in [0.15, 0.2) is 0 Å². The first kappa shape index (κ1) is 26.6. The van der Waals surface area contributed by atoms with Gasteiger partial charge in [0.1, 0.15) is 5.78 Å². The van der Waals surface area contributed by atoms with Gasteiger partial charge >= 0.3 is 0 Å². The van der Waals surface area contributed by atoms with Crippen molar-refractivity contribution in [1.29, 1.82) is 0 Å². The number of Topliss-reactive ketones (excluding diaryl/α,β-unsaturated/α-hetero) is 1. The largest absolute Gasteiger partial charge is 0.379 e. The number of rotatable bonds is 13. The number of carbonyl (C=O) groups is 3. The highest BCUT2D eigenvalue weighted by Gasteiger charge is 2.22. The zero-order valence-electron chi connectivity index (χ0n) is 19.1. The van der Waals surface area contributed by atoms with E-state index >= 15 is 0 Å². The summed E-state index contributed by atoms with van der Waals surface area (Å²) in [6.07, 6.45) is 4.38. The van der Waals surface area contributed by atoms with Crippen molar-refractivity contribution >= 4 is 17.6 Å². The second-order valence-corrected chi connectivity index (χ2v) is 7.87. The van der Waals surface area contributed by atoms with Gasteiger partial charge in [0.25, 0.3) is 11.8 Å². The molecule has 0 saturated carbocycles. The van der Waals surface area contributed by atoms with E-state index in [1.54, 1.807) is 0 Å². The molecule has 2 amide bonds. The molecule has 0 aliphatic carbocycles. The molecule has 2 heterocycles. The molecule has 10 nitrogen and oxygen atoms in total. The van der Waals surface area contributed by atoms with Gasteiger partial charge in [0.05, 0.1) is 33.0 Å². The van der Waals surface area contributed by atoms with E-state index in [1.807, 2.05) is 0 Å². The lowest BCUT2D eigenvalue weighted by Gasteiger charge is -2.23. The molecule has 0 aromatic rings. The number of ketones is 1. The molecular weight excluding hydrogens is 414 g/mol. The quantitative estimate of drug-likeness (QED) is 0.233. The molecule has 2 aliphatic rings. The summed E-state index contributed by atoms with van der Waals surface area (Å²) < 4.78 is 10.8. The maximum Gasteiger partial charge on any atom is 0.253 e. The molecule has 3 N–H and O–H groups in total. The number of hydrogen-bond acceptors (Lipinski definition) is 9. The van der Waals surface area contributed by atoms with Crippen LogP contribution < -0.4 is 16.0 Å². The minimum atomic E-state index is -0.303. The van der Waals surface area contributed by atoms with Crippen molar-refractivity contribution in [2.75, 3.05) is 91.9 Å². The van der Waals surface area contributed by atoms with Crippen LogP contribution in [-0.2, 0) is 23.9 Å². The number of imide groups is 1. The number of amides is 2. The zero-order valence-corrected chi connectivity index (χ0v) is 19.1. The van der Waals surface area contributed by atoms with E-state index in [0.717, 1.165) is 70.2 Å². The summed E-state index contributed by atoms with van der Waals surface area (Å²) in [5, 5.41) is 10.3. The summed E-state index contributed by atoms with van der Waals surface area (Å²) in [6, 6.07) is 0. The predicted molar refractivity (Wildman–Crippen MR) is 121 cm³/mol. The van der Waals surface area contributed by atoms with Gasteiger partial charge in [-0.3, -0.25) is 19.3 Å². The maximum atomic E-state index is 12.1. The molecule has 0 radical (unpaired) electrons. The lowest BCUT2D eigenvalue weighted by Crippen LogP contribution is -2.42. The van der Waals surface area contributed by atoms with Gasteiger partial charge < -0.3 is 30.3 Å². The van der Waals surface area contributed by atoms with Gasteiger partial charge in [-0.25, -0.2) is 0 Å². The van der Waals surface area contributed by atoms with Gasteiger partial charge in [0.2, 0.25) is 0 Å². The molecule has 0 atom stereocenters. The molecule has 2 aliphatic heterocycles. The second kappa shape index (κ2) is 16.9. The van der Waals surface area contributed by atoms with Crippen molar-refractivity contribution in [2.45, 2.75) is 19.3 Å². The SMILES string of the molecule is O=C(CCCN1CCNCCNCCNCC1)CCOCCOCCN1C(=O)C=CC1=O. The third-order valence-corrected chi connectivity index (χ3v) is 5.35. The van der Waals surface area contributed by atoms with Crippen molar-refractivity contribution in [2.24, 2.45) is 0 Å². The van der Waals surface area contributed by atoms with Crippen LogP contribution in [-0.4, -0.2) is 119 Å². The Bertz CT molecular complexity index is 571. The predicted octanol–water partition coefficient (Wildman–Crippen LogP) is -1.23. The van der Waals surface area contributed by atoms with Crippen LogP contribution in [0.5, 0.6) is 0 Å². The Morgan fingerprint density at radius 1 is 0.750 bits per heavy atom. The Kier molecular flexibility index (Phi) is 14.0. The van der Waals surface area contributed by atoms with Crippen LogP contribution >= 0.6 is 0 Å². The number of carbonyl (C=O) groups excluding carboxylic acids is 3. The smallest absolute Gasteiger partial charge is 0.253 e. The van der Waals surface area contributed by atoms with Crippen molar-refractivity contribution in [3.63, 3.8) is 0 Å². The Morgan fingerprint density at radius 2 is 1.31 bits per heavy atom. The molecule has 2 rings (SSSR count). The van der Waals surface area contributed by atoms with Crippen LogP contribution in [0.25, 0.3) is 0 Å². The second-order valence-electron chi connectivity index (χ2n) is 7.87. The number of nitrogens with one attached hydrogen (secondary N) is 3. The molecule has 0 spiro atoms. The van der Waals surface area contributed by atoms with E-state index in [4.69, 9.17) is 9.47 Å². The average molecular weight is 454 g/mol. The van der Waals surface area contributed by atoms with Gasteiger partial charge in [-0.15, -0.1) is 0 Å². The molecular formula is C22H39N5O5. The van der Waals surface area contributed by atoms with Gasteiger partial charge in [0, 0.05) is 77.4 Å². The summed E-state index contributed by atoms with van der Waals surface area (Å²) in [5.41, 5.74) is 0. The number of nitrogens with zero attached hydrogens (tertiary/aromatic N) is 2. The lowest BCUT2D eigenvalue weighted by atomic mass is 10.1. The van der Waals surface area contributed by atoms with Crippen molar-refractivity contribution < 1.29 is 23.9 Å². The first-order valence-corrected chi connectivity index (χ1v) is 11.7. The normalized spacial score (nSPS) is 19.2. The first-order chi connectivity index (χ1) is 15.7. The van der Waals surface area contributed by atoms with E-state index in [9.17, 15) is 14.4 Å². The van der Waals surface area contributed by atoms with E-state index in [1.165, 1.54) is 12.2 Å². The minimum absolute atomic E-state index is 0.223. The zero-order chi connectivity index (χ0) is 22.9. The molecule has 0 aromatic carbocycles. The van der Waals surface area contributed by atoms with E-state index in [2.05, 4.69) is 20.9 Å². The van der Waals surface area contributed by atoms with E-state index in [-0.39, 0.29) is 30.7 Å². The molecule has 10 heteroatoms. The van der Waals surface area contributed by atoms with Crippen molar-refractivity contribution in [3.05, 3.63) is 12.2 Å². The Labute approximate surface area is 191 Å². The Morgan fingerprint density at radius 3 is 1.94 bits per heavy atom. The molecule has 1 fully saturated rings. The molecule has 182 valence electrons. The number of hydrogen-bond donors (Lipinski definition) is 3. The minimum Gasteiger partial charge on any atom is -0.379 e. The monoisotopic (exact) mass is 453 g/mol. The number of ether oxygens (including phenoxy) is 2. The summed E-state index contributed by atoms with van der Waals surface area (Å²) in [5.74, 6) is -0.383. The molecule has 0 bridgehead atoms. The highest BCUT2D eigenvalue weighted by molar-refractivity contribution is 6.12. The maximum absolute atomic E-state index is 12.1. The summed E-state index contributed by atoms with van der Waals surface area (Å²) in [7, 11) is 0. The molecule has 0 unspecified atom stereocenters. The van der Waals surface area contributed by atoms with Crippen LogP contribution in [0.1, 0.15) is 19.3 Å². The van der Waals surface area contributed by atoms with Crippen molar-refractivity contribution in [1.82, 2.24) is 25.8 Å². The fourth-order valence-corrected chi connectivity index (χ4v) is 3.48. The fourth-order valence-electron chi connectivity index (χ4n) is 3.48. The molecule has 32 heavy (non-hydrogen) atoms.